The molecular formula is C13H10F4N2O. The number of alkyl halides is 3. The van der Waals surface area contributed by atoms with E-state index in [4.69, 9.17) is 10.5 Å². The lowest BCUT2D eigenvalue weighted by Gasteiger charge is -2.22. The van der Waals surface area contributed by atoms with Crippen molar-refractivity contribution in [2.24, 2.45) is 0 Å². The van der Waals surface area contributed by atoms with Crippen molar-refractivity contribution in [1.29, 1.82) is 0 Å². The van der Waals surface area contributed by atoms with Crippen molar-refractivity contribution in [2.45, 2.75) is 12.3 Å². The minimum atomic E-state index is -4.68. The van der Waals surface area contributed by atoms with Crippen molar-refractivity contribution in [3.63, 3.8) is 0 Å². The summed E-state index contributed by atoms with van der Waals surface area (Å²) in [6.07, 6.45) is -4.57. The number of aromatic nitrogens is 1. The SMILES string of the molecule is Nc1ccc(F)cc1OC(c1cccnc1)C(F)(F)F. The largest absolute Gasteiger partial charge is 0.474 e. The second-order valence-corrected chi connectivity index (χ2v) is 4.01. The van der Waals surface area contributed by atoms with Gasteiger partial charge in [0.2, 0.25) is 6.10 Å². The number of rotatable bonds is 3. The molecule has 0 aliphatic heterocycles. The van der Waals surface area contributed by atoms with Gasteiger partial charge in [0, 0.05) is 24.0 Å². The molecular weight excluding hydrogens is 276 g/mol. The molecule has 1 heterocycles. The third-order valence-electron chi connectivity index (χ3n) is 2.50. The third-order valence-corrected chi connectivity index (χ3v) is 2.50. The first-order valence-electron chi connectivity index (χ1n) is 5.56. The van der Waals surface area contributed by atoms with Crippen LogP contribution in [0, 0.1) is 5.82 Å². The van der Waals surface area contributed by atoms with Crippen molar-refractivity contribution >= 4 is 5.69 Å². The number of anilines is 1. The van der Waals surface area contributed by atoms with Crippen LogP contribution in [0.2, 0.25) is 0 Å². The molecule has 0 saturated carbocycles. The average Bonchev–Trinajstić information content (AvgIpc) is 2.39. The molecule has 20 heavy (non-hydrogen) atoms. The highest BCUT2D eigenvalue weighted by molar-refractivity contribution is 5.52. The van der Waals surface area contributed by atoms with E-state index in [1.54, 1.807) is 0 Å². The van der Waals surface area contributed by atoms with Crippen LogP contribution in [0.5, 0.6) is 5.75 Å². The number of hydrogen-bond donors (Lipinski definition) is 1. The molecule has 2 N–H and O–H groups in total. The van der Waals surface area contributed by atoms with Crippen molar-refractivity contribution in [3.05, 3.63) is 54.1 Å². The summed E-state index contributed by atoms with van der Waals surface area (Å²) >= 11 is 0. The lowest BCUT2D eigenvalue weighted by molar-refractivity contribution is -0.197. The van der Waals surface area contributed by atoms with Crippen LogP contribution in [-0.4, -0.2) is 11.2 Å². The minimum Gasteiger partial charge on any atom is -0.474 e. The number of halogens is 4. The van der Waals surface area contributed by atoms with E-state index in [0.717, 1.165) is 24.4 Å². The first-order valence-corrected chi connectivity index (χ1v) is 5.56. The van der Waals surface area contributed by atoms with Crippen molar-refractivity contribution in [3.8, 4) is 5.75 Å². The van der Waals surface area contributed by atoms with Gasteiger partial charge in [-0.2, -0.15) is 13.2 Å². The summed E-state index contributed by atoms with van der Waals surface area (Å²) < 4.78 is 57.0. The Balaban J connectivity index is 2.37. The second-order valence-electron chi connectivity index (χ2n) is 4.01. The molecule has 2 rings (SSSR count). The van der Waals surface area contributed by atoms with E-state index < -0.39 is 18.1 Å². The number of nitrogens with zero attached hydrogens (tertiary/aromatic N) is 1. The Morgan fingerprint density at radius 2 is 1.95 bits per heavy atom. The Hall–Kier alpha value is -2.31. The monoisotopic (exact) mass is 286 g/mol. The fourth-order valence-corrected chi connectivity index (χ4v) is 1.59. The summed E-state index contributed by atoms with van der Waals surface area (Å²) in [5, 5.41) is 0. The topological polar surface area (TPSA) is 48.1 Å². The molecule has 0 spiro atoms. The van der Waals surface area contributed by atoms with E-state index in [2.05, 4.69) is 4.98 Å². The molecule has 0 bridgehead atoms. The molecule has 2 aromatic rings. The third kappa shape index (κ3) is 3.17. The zero-order valence-corrected chi connectivity index (χ0v) is 10.1. The van der Waals surface area contributed by atoms with Crippen LogP contribution < -0.4 is 10.5 Å². The Labute approximate surface area is 112 Å². The van der Waals surface area contributed by atoms with Crippen molar-refractivity contribution in [2.75, 3.05) is 5.73 Å². The zero-order valence-electron chi connectivity index (χ0n) is 10.1. The number of nitrogens with two attached hydrogens (primary N) is 1. The number of hydrogen-bond acceptors (Lipinski definition) is 3. The molecule has 1 atom stereocenters. The normalized spacial score (nSPS) is 13.0. The number of nitrogen functional groups attached to an aromatic ring is 1. The fourth-order valence-electron chi connectivity index (χ4n) is 1.59. The van der Waals surface area contributed by atoms with Gasteiger partial charge in [0.1, 0.15) is 11.6 Å². The van der Waals surface area contributed by atoms with Crippen molar-refractivity contribution < 1.29 is 22.3 Å². The van der Waals surface area contributed by atoms with Crippen LogP contribution in [-0.2, 0) is 0 Å². The van der Waals surface area contributed by atoms with Crippen LogP contribution in [0.15, 0.2) is 42.7 Å². The van der Waals surface area contributed by atoms with Gasteiger partial charge >= 0.3 is 6.18 Å². The van der Waals surface area contributed by atoms with Crippen molar-refractivity contribution in [1.82, 2.24) is 4.98 Å². The number of pyridine rings is 1. The summed E-state index contributed by atoms with van der Waals surface area (Å²) in [7, 11) is 0. The highest BCUT2D eigenvalue weighted by Crippen LogP contribution is 2.38. The van der Waals surface area contributed by atoms with E-state index >= 15 is 0 Å². The second kappa shape index (κ2) is 5.36. The van der Waals surface area contributed by atoms with Crippen LogP contribution in [0.4, 0.5) is 23.2 Å². The van der Waals surface area contributed by atoms with Gasteiger partial charge in [0.15, 0.2) is 0 Å². The zero-order chi connectivity index (χ0) is 14.8. The van der Waals surface area contributed by atoms with Crippen LogP contribution in [0.1, 0.15) is 11.7 Å². The van der Waals surface area contributed by atoms with Gasteiger partial charge in [0.25, 0.3) is 0 Å². The molecule has 106 valence electrons. The van der Waals surface area contributed by atoms with Crippen LogP contribution in [0.25, 0.3) is 0 Å². The highest BCUT2D eigenvalue weighted by Gasteiger charge is 2.43. The number of ether oxygens (including phenoxy) is 1. The predicted molar refractivity (Wildman–Crippen MR) is 64.5 cm³/mol. The smallest absolute Gasteiger partial charge is 0.429 e. The fraction of sp³-hybridized carbons (Fsp3) is 0.154. The summed E-state index contributed by atoms with van der Waals surface area (Å²) in [5.74, 6) is -1.10. The Kier molecular flexibility index (Phi) is 3.78. The molecule has 1 unspecified atom stereocenters. The molecule has 0 aliphatic carbocycles. The first kappa shape index (κ1) is 14.1. The maximum Gasteiger partial charge on any atom is 0.429 e. The van der Waals surface area contributed by atoms with Gasteiger partial charge in [0.05, 0.1) is 5.69 Å². The molecule has 0 saturated heterocycles. The van der Waals surface area contributed by atoms with Gasteiger partial charge in [-0.1, -0.05) is 6.07 Å². The van der Waals surface area contributed by atoms with Crippen LogP contribution in [0.3, 0.4) is 0 Å². The summed E-state index contributed by atoms with van der Waals surface area (Å²) in [6, 6.07) is 5.56. The Morgan fingerprint density at radius 1 is 1.20 bits per heavy atom. The molecule has 7 heteroatoms. The standard InChI is InChI=1S/C13H10F4N2O/c14-9-3-4-10(18)11(6-9)20-12(13(15,16)17)8-2-1-5-19-7-8/h1-7,12H,18H2. The highest BCUT2D eigenvalue weighted by atomic mass is 19.4. The van der Waals surface area contributed by atoms with Gasteiger partial charge in [-0.05, 0) is 18.2 Å². The van der Waals surface area contributed by atoms with E-state index in [0.29, 0.717) is 0 Å². The van der Waals surface area contributed by atoms with Gasteiger partial charge < -0.3 is 10.5 Å². The molecule has 0 radical (unpaired) electrons. The predicted octanol–water partition coefficient (Wildman–Crippen LogP) is 3.49. The van der Waals surface area contributed by atoms with Crippen LogP contribution >= 0.6 is 0 Å². The molecule has 1 aromatic heterocycles. The number of benzene rings is 1. The minimum absolute atomic E-state index is 0.0791. The Morgan fingerprint density at radius 3 is 2.55 bits per heavy atom. The van der Waals surface area contributed by atoms with E-state index in [1.165, 1.54) is 18.3 Å². The van der Waals surface area contributed by atoms with E-state index in [1.807, 2.05) is 0 Å². The maximum absolute atomic E-state index is 13.1. The van der Waals surface area contributed by atoms with Gasteiger partial charge in [-0.3, -0.25) is 4.98 Å². The van der Waals surface area contributed by atoms with Gasteiger partial charge in [-0.25, -0.2) is 4.39 Å². The summed E-state index contributed by atoms with van der Waals surface area (Å²) in [6.45, 7) is 0. The Bertz CT molecular complexity index is 587. The first-order chi connectivity index (χ1) is 9.38. The molecule has 3 nitrogen and oxygen atoms in total. The lowest BCUT2D eigenvalue weighted by Crippen LogP contribution is -2.26. The molecule has 0 aliphatic rings. The maximum atomic E-state index is 13.1. The average molecular weight is 286 g/mol. The summed E-state index contributed by atoms with van der Waals surface area (Å²) in [5.41, 5.74) is 5.21. The molecule has 0 fully saturated rings. The lowest BCUT2D eigenvalue weighted by atomic mass is 10.1. The van der Waals surface area contributed by atoms with E-state index in [-0.39, 0.29) is 17.0 Å². The van der Waals surface area contributed by atoms with E-state index in [9.17, 15) is 17.6 Å². The molecule has 0 amide bonds. The van der Waals surface area contributed by atoms with Gasteiger partial charge in [-0.15, -0.1) is 0 Å². The quantitative estimate of drug-likeness (QED) is 0.694. The molecule has 1 aromatic carbocycles. The summed E-state index contributed by atoms with van der Waals surface area (Å²) in [4.78, 5) is 3.62.